The predicted molar refractivity (Wildman–Crippen MR) is 101 cm³/mol. The summed E-state index contributed by atoms with van der Waals surface area (Å²) in [7, 11) is 0. The highest BCUT2D eigenvalue weighted by atomic mass is 32.1. The van der Waals surface area contributed by atoms with Crippen LogP contribution < -0.4 is 10.1 Å². The summed E-state index contributed by atoms with van der Waals surface area (Å²) in [6, 6.07) is 15.0. The average Bonchev–Trinajstić information content (AvgIpc) is 3.32. The van der Waals surface area contributed by atoms with Crippen molar-refractivity contribution in [2.45, 2.75) is 25.7 Å². The molecule has 0 aliphatic carbocycles. The minimum Gasteiger partial charge on any atom is -0.481 e. The van der Waals surface area contributed by atoms with Gasteiger partial charge in [0, 0.05) is 9.75 Å². The second-order valence-corrected chi connectivity index (χ2v) is 7.53. The maximum absolute atomic E-state index is 12.2. The van der Waals surface area contributed by atoms with Crippen molar-refractivity contribution >= 4 is 28.6 Å². The minimum absolute atomic E-state index is 0.169. The lowest BCUT2D eigenvalue weighted by atomic mass is 10.2. The topological polar surface area (TPSA) is 58.6 Å². The van der Waals surface area contributed by atoms with Gasteiger partial charge in [-0.25, -0.2) is 0 Å². The van der Waals surface area contributed by atoms with Gasteiger partial charge in [-0.15, -0.1) is 11.3 Å². The minimum atomic E-state index is -0.610. The molecule has 1 amide bonds. The molecule has 3 rings (SSSR count). The first-order chi connectivity index (χ1) is 12.1. The maximum atomic E-state index is 12.2. The highest BCUT2D eigenvalue weighted by Gasteiger charge is 2.16. The molecule has 0 unspecified atom stereocenters. The smallest absolute Gasteiger partial charge is 0.261 e. The van der Waals surface area contributed by atoms with E-state index >= 15 is 0 Å². The summed E-state index contributed by atoms with van der Waals surface area (Å²) in [6.07, 6.45) is -1.18. The predicted octanol–water partition coefficient (Wildman–Crippen LogP) is 3.98. The summed E-state index contributed by atoms with van der Waals surface area (Å²) >= 11 is 3.06. The van der Waals surface area contributed by atoms with Gasteiger partial charge >= 0.3 is 0 Å². The van der Waals surface area contributed by atoms with Crippen molar-refractivity contribution in [1.82, 2.24) is 5.32 Å². The lowest BCUT2D eigenvalue weighted by molar-refractivity contribution is -0.127. The van der Waals surface area contributed by atoms with Crippen LogP contribution in [0.15, 0.2) is 59.3 Å². The molecule has 2 atom stereocenters. The molecular formula is C19H19NO3S2. The van der Waals surface area contributed by atoms with Gasteiger partial charge in [-0.1, -0.05) is 18.2 Å². The van der Waals surface area contributed by atoms with E-state index in [1.165, 1.54) is 11.3 Å². The highest BCUT2D eigenvalue weighted by Crippen LogP contribution is 2.29. The zero-order valence-electron chi connectivity index (χ0n) is 13.7. The number of hydrogen-bond acceptors (Lipinski definition) is 5. The van der Waals surface area contributed by atoms with Gasteiger partial charge in [0.25, 0.3) is 5.91 Å². The Kier molecular flexibility index (Phi) is 5.86. The molecule has 0 aliphatic rings. The van der Waals surface area contributed by atoms with Crippen LogP contribution in [0.25, 0.3) is 0 Å². The number of ether oxygens (including phenoxy) is 1. The Bertz CT molecular complexity index is 799. The molecule has 0 saturated carbocycles. The molecule has 25 heavy (non-hydrogen) atoms. The number of thiophene rings is 2. The number of para-hydroxylation sites is 1. The van der Waals surface area contributed by atoms with Crippen LogP contribution in [-0.4, -0.2) is 17.1 Å². The van der Waals surface area contributed by atoms with Crippen molar-refractivity contribution in [3.8, 4) is 5.75 Å². The number of aliphatic hydroxyl groups is 1. The summed E-state index contributed by atoms with van der Waals surface area (Å²) in [4.78, 5) is 14.0. The first-order valence-electron chi connectivity index (χ1n) is 7.91. The highest BCUT2D eigenvalue weighted by molar-refractivity contribution is 7.12. The van der Waals surface area contributed by atoms with E-state index in [1.807, 2.05) is 59.3 Å². The molecule has 0 saturated heterocycles. The van der Waals surface area contributed by atoms with E-state index in [0.717, 1.165) is 15.3 Å². The molecule has 1 aromatic carbocycles. The van der Waals surface area contributed by atoms with Gasteiger partial charge < -0.3 is 15.2 Å². The monoisotopic (exact) mass is 373 g/mol. The van der Waals surface area contributed by atoms with Gasteiger partial charge in [0.05, 0.1) is 6.54 Å². The van der Waals surface area contributed by atoms with Gasteiger partial charge in [-0.2, -0.15) is 11.3 Å². The van der Waals surface area contributed by atoms with Crippen molar-refractivity contribution in [3.63, 3.8) is 0 Å². The maximum Gasteiger partial charge on any atom is 0.261 e. The number of nitrogens with one attached hydrogen (secondary N) is 1. The number of benzene rings is 1. The number of rotatable bonds is 7. The molecular weight excluding hydrogens is 354 g/mol. The normalized spacial score (nSPS) is 13.2. The summed E-state index contributed by atoms with van der Waals surface area (Å²) in [6.45, 7) is 2.14. The molecule has 2 N–H and O–H groups in total. The van der Waals surface area contributed by atoms with Gasteiger partial charge in [0.2, 0.25) is 0 Å². The van der Waals surface area contributed by atoms with Crippen molar-refractivity contribution in [1.29, 1.82) is 0 Å². The average molecular weight is 373 g/mol. The molecule has 0 radical (unpaired) electrons. The molecule has 2 aromatic heterocycles. The Labute approximate surface area is 154 Å². The standard InChI is InChI=1S/C19H19NO3S2/c1-13(23-15-5-3-2-4-6-15)19(22)20-11-16-7-8-17(25-16)18(21)14-9-10-24-12-14/h2-10,12-13,18,21H,11H2,1H3,(H,20,22)/t13-,18+/m0/s1. The fourth-order valence-electron chi connectivity index (χ4n) is 2.31. The molecule has 4 nitrogen and oxygen atoms in total. The van der Waals surface area contributed by atoms with Crippen LogP contribution in [0.1, 0.15) is 28.3 Å². The largest absolute Gasteiger partial charge is 0.481 e. The van der Waals surface area contributed by atoms with Crippen LogP contribution in [-0.2, 0) is 11.3 Å². The number of hydrogen-bond donors (Lipinski definition) is 2. The number of carbonyl (C=O) groups excluding carboxylic acids is 1. The summed E-state index contributed by atoms with van der Waals surface area (Å²) in [5, 5.41) is 17.1. The first-order valence-corrected chi connectivity index (χ1v) is 9.67. The van der Waals surface area contributed by atoms with Crippen molar-refractivity contribution < 1.29 is 14.6 Å². The van der Waals surface area contributed by atoms with E-state index in [4.69, 9.17) is 4.74 Å². The third-order valence-electron chi connectivity index (χ3n) is 3.67. The Morgan fingerprint density at radius 1 is 1.20 bits per heavy atom. The van der Waals surface area contributed by atoms with Crippen molar-refractivity contribution in [2.24, 2.45) is 0 Å². The van der Waals surface area contributed by atoms with E-state index in [1.54, 1.807) is 18.3 Å². The lowest BCUT2D eigenvalue weighted by Crippen LogP contribution is -2.35. The van der Waals surface area contributed by atoms with Gasteiger partial charge in [-0.05, 0) is 53.6 Å². The Morgan fingerprint density at radius 3 is 2.72 bits per heavy atom. The van der Waals surface area contributed by atoms with Gasteiger partial charge in [0.15, 0.2) is 6.10 Å². The zero-order chi connectivity index (χ0) is 17.6. The number of amides is 1. The molecule has 0 fully saturated rings. The van der Waals surface area contributed by atoms with E-state index in [9.17, 15) is 9.90 Å². The molecule has 0 bridgehead atoms. The van der Waals surface area contributed by atoms with E-state index in [0.29, 0.717) is 12.3 Å². The van der Waals surface area contributed by atoms with Gasteiger partial charge in [0.1, 0.15) is 11.9 Å². The van der Waals surface area contributed by atoms with Crippen LogP contribution >= 0.6 is 22.7 Å². The summed E-state index contributed by atoms with van der Waals surface area (Å²) in [5.74, 6) is 0.500. The molecule has 130 valence electrons. The quantitative estimate of drug-likeness (QED) is 0.659. The lowest BCUT2D eigenvalue weighted by Gasteiger charge is -2.14. The second-order valence-electron chi connectivity index (χ2n) is 5.55. The fraction of sp³-hybridized carbons (Fsp3) is 0.211. The van der Waals surface area contributed by atoms with E-state index in [-0.39, 0.29) is 5.91 Å². The second kappa shape index (κ2) is 8.29. The third-order valence-corrected chi connectivity index (χ3v) is 5.51. The van der Waals surface area contributed by atoms with Crippen LogP contribution in [0, 0.1) is 0 Å². The number of aliphatic hydroxyl groups excluding tert-OH is 1. The van der Waals surface area contributed by atoms with Crippen LogP contribution in [0.2, 0.25) is 0 Å². The molecule has 2 heterocycles. The summed E-state index contributed by atoms with van der Waals surface area (Å²) < 4.78 is 5.61. The number of carbonyl (C=O) groups is 1. The van der Waals surface area contributed by atoms with Crippen LogP contribution in [0.4, 0.5) is 0 Å². The van der Waals surface area contributed by atoms with E-state index in [2.05, 4.69) is 5.32 Å². The molecule has 3 aromatic rings. The van der Waals surface area contributed by atoms with Crippen molar-refractivity contribution in [3.05, 3.63) is 74.6 Å². The third kappa shape index (κ3) is 4.69. The van der Waals surface area contributed by atoms with Crippen LogP contribution in [0.5, 0.6) is 5.75 Å². The van der Waals surface area contributed by atoms with Crippen LogP contribution in [0.3, 0.4) is 0 Å². The van der Waals surface area contributed by atoms with Crippen molar-refractivity contribution in [2.75, 3.05) is 0 Å². The fourth-order valence-corrected chi connectivity index (χ4v) is 3.95. The van der Waals surface area contributed by atoms with Gasteiger partial charge in [-0.3, -0.25) is 4.79 Å². The first kappa shape index (κ1) is 17.7. The molecule has 0 aliphatic heterocycles. The SMILES string of the molecule is C[C@H](Oc1ccccc1)C(=O)NCc1ccc([C@H](O)c2ccsc2)s1. The molecule has 6 heteroatoms. The Morgan fingerprint density at radius 2 is 2.00 bits per heavy atom. The molecule has 0 spiro atoms. The Balaban J connectivity index is 1.52. The van der Waals surface area contributed by atoms with E-state index < -0.39 is 12.2 Å². The Hall–Kier alpha value is -2.15. The zero-order valence-corrected chi connectivity index (χ0v) is 15.3. The summed E-state index contributed by atoms with van der Waals surface area (Å²) in [5.41, 5.74) is 0.896.